The molecule has 1 aliphatic carbocycles. The van der Waals surface area contributed by atoms with Crippen molar-refractivity contribution in [3.63, 3.8) is 0 Å². The van der Waals surface area contributed by atoms with Gasteiger partial charge in [-0.15, -0.1) is 0 Å². The largest absolute Gasteiger partial charge is 0.480 e. The molecule has 0 aromatic heterocycles. The highest BCUT2D eigenvalue weighted by molar-refractivity contribution is 7.89. The van der Waals surface area contributed by atoms with Crippen molar-refractivity contribution in [2.24, 2.45) is 5.41 Å². The molecule has 1 rings (SSSR count). The fourth-order valence-electron chi connectivity index (χ4n) is 3.01. The predicted octanol–water partition coefficient (Wildman–Crippen LogP) is 1.24. The van der Waals surface area contributed by atoms with E-state index in [0.717, 1.165) is 23.6 Å². The molecule has 128 valence electrons. The highest BCUT2D eigenvalue weighted by Gasteiger charge is 2.45. The van der Waals surface area contributed by atoms with Crippen molar-refractivity contribution in [2.75, 3.05) is 26.0 Å². The molecule has 1 saturated carbocycles. The summed E-state index contributed by atoms with van der Waals surface area (Å²) in [6.45, 7) is 1.33. The van der Waals surface area contributed by atoms with E-state index in [2.05, 4.69) is 0 Å². The lowest BCUT2D eigenvalue weighted by molar-refractivity contribution is -0.153. The summed E-state index contributed by atoms with van der Waals surface area (Å²) in [6, 6.07) is 0. The number of ether oxygens (including phenoxy) is 1. The number of hydrogen-bond donors (Lipinski definition) is 1. The predicted molar refractivity (Wildman–Crippen MR) is 80.8 cm³/mol. The Bertz CT molecular complexity index is 495. The van der Waals surface area contributed by atoms with E-state index in [1.165, 1.54) is 7.11 Å². The van der Waals surface area contributed by atoms with Crippen LogP contribution >= 0.6 is 0 Å². The number of aliphatic carboxylic acids is 1. The lowest BCUT2D eigenvalue weighted by Gasteiger charge is -2.35. The average Bonchev–Trinajstić information content (AvgIpc) is 2.46. The lowest BCUT2D eigenvalue weighted by Crippen LogP contribution is -2.46. The Balaban J connectivity index is 3.02. The van der Waals surface area contributed by atoms with Gasteiger partial charge in [-0.1, -0.05) is 26.2 Å². The van der Waals surface area contributed by atoms with Crippen molar-refractivity contribution in [3.8, 4) is 0 Å². The molecule has 0 aromatic carbocycles. The first-order valence-electron chi connectivity index (χ1n) is 7.55. The first kappa shape index (κ1) is 18.9. The van der Waals surface area contributed by atoms with E-state index in [4.69, 9.17) is 9.84 Å². The zero-order valence-corrected chi connectivity index (χ0v) is 14.0. The number of carbonyl (C=O) groups is 2. The molecule has 0 saturated heterocycles. The third kappa shape index (κ3) is 4.67. The van der Waals surface area contributed by atoms with E-state index in [1.54, 1.807) is 6.92 Å². The van der Waals surface area contributed by atoms with Crippen molar-refractivity contribution in [1.29, 1.82) is 0 Å². The molecule has 0 atom stereocenters. The average molecular weight is 335 g/mol. The van der Waals surface area contributed by atoms with Gasteiger partial charge in [0.1, 0.15) is 6.54 Å². The Kier molecular flexibility index (Phi) is 6.80. The number of esters is 1. The van der Waals surface area contributed by atoms with Gasteiger partial charge in [0.05, 0.1) is 18.3 Å². The Morgan fingerprint density at radius 3 is 2.27 bits per heavy atom. The minimum absolute atomic E-state index is 0.131. The van der Waals surface area contributed by atoms with Gasteiger partial charge in [0.15, 0.2) is 0 Å². The molecule has 7 nitrogen and oxygen atoms in total. The summed E-state index contributed by atoms with van der Waals surface area (Å²) in [4.78, 5) is 23.0. The fourth-order valence-corrected chi connectivity index (χ4v) is 5.06. The molecule has 0 spiro atoms. The van der Waals surface area contributed by atoms with E-state index in [1.807, 2.05) is 0 Å². The van der Waals surface area contributed by atoms with Crippen LogP contribution in [0.5, 0.6) is 0 Å². The van der Waals surface area contributed by atoms with E-state index in [0.29, 0.717) is 19.3 Å². The molecule has 8 heteroatoms. The highest BCUT2D eigenvalue weighted by Crippen LogP contribution is 2.39. The maximum atomic E-state index is 12.6. The first-order chi connectivity index (χ1) is 10.3. The van der Waals surface area contributed by atoms with Crippen LogP contribution in [0.2, 0.25) is 0 Å². The number of nitrogens with zero attached hydrogens (tertiary/aromatic N) is 1. The van der Waals surface area contributed by atoms with E-state index in [-0.39, 0.29) is 12.3 Å². The number of carboxylic acid groups (broad SMARTS) is 1. The van der Waals surface area contributed by atoms with Crippen LogP contribution in [-0.4, -0.2) is 55.7 Å². The normalized spacial score (nSPS) is 18.1. The van der Waals surface area contributed by atoms with Gasteiger partial charge in [-0.05, 0) is 19.3 Å². The summed E-state index contributed by atoms with van der Waals surface area (Å²) in [5.74, 6) is -2.09. The van der Waals surface area contributed by atoms with Gasteiger partial charge in [-0.25, -0.2) is 8.42 Å². The second-order valence-electron chi connectivity index (χ2n) is 5.82. The van der Waals surface area contributed by atoms with Crippen molar-refractivity contribution in [2.45, 2.75) is 45.4 Å². The molecular weight excluding hydrogens is 310 g/mol. The summed E-state index contributed by atoms with van der Waals surface area (Å²) in [5, 5.41) is 8.90. The van der Waals surface area contributed by atoms with Crippen molar-refractivity contribution in [1.82, 2.24) is 4.31 Å². The maximum absolute atomic E-state index is 12.6. The first-order valence-corrected chi connectivity index (χ1v) is 9.16. The van der Waals surface area contributed by atoms with Gasteiger partial charge < -0.3 is 9.84 Å². The summed E-state index contributed by atoms with van der Waals surface area (Å²) in [5.41, 5.74) is -1.05. The molecule has 1 N–H and O–H groups in total. The fraction of sp³-hybridized carbons (Fsp3) is 0.857. The highest BCUT2D eigenvalue weighted by atomic mass is 32.2. The third-order valence-corrected chi connectivity index (χ3v) is 6.08. The van der Waals surface area contributed by atoms with Crippen LogP contribution in [0.3, 0.4) is 0 Å². The number of rotatable bonds is 8. The number of carbonyl (C=O) groups excluding carboxylic acids is 1. The molecule has 0 heterocycles. The maximum Gasteiger partial charge on any atom is 0.318 e. The smallest absolute Gasteiger partial charge is 0.318 e. The quantitative estimate of drug-likeness (QED) is 0.670. The van der Waals surface area contributed by atoms with Crippen LogP contribution in [0.15, 0.2) is 0 Å². The molecule has 0 bridgehead atoms. The lowest BCUT2D eigenvalue weighted by atomic mass is 9.75. The Labute approximate surface area is 131 Å². The van der Waals surface area contributed by atoms with Gasteiger partial charge in [-0.3, -0.25) is 9.59 Å². The molecular formula is C14H25NO6S. The second kappa shape index (κ2) is 7.92. The summed E-state index contributed by atoms with van der Waals surface area (Å²) < 4.78 is 31.0. The van der Waals surface area contributed by atoms with E-state index >= 15 is 0 Å². The van der Waals surface area contributed by atoms with E-state index < -0.39 is 33.9 Å². The van der Waals surface area contributed by atoms with Crippen LogP contribution < -0.4 is 0 Å². The van der Waals surface area contributed by atoms with Gasteiger partial charge in [-0.2, -0.15) is 4.31 Å². The van der Waals surface area contributed by atoms with Crippen LogP contribution in [0.25, 0.3) is 0 Å². The van der Waals surface area contributed by atoms with Crippen molar-refractivity contribution >= 4 is 22.0 Å². The van der Waals surface area contributed by atoms with Crippen LogP contribution in [0.1, 0.15) is 45.4 Å². The Morgan fingerprint density at radius 2 is 1.82 bits per heavy atom. The minimum atomic E-state index is -3.84. The molecule has 0 aromatic rings. The van der Waals surface area contributed by atoms with Crippen molar-refractivity contribution in [3.05, 3.63) is 0 Å². The number of sulfonamides is 1. The standard InChI is InChI=1S/C14H25NO6S/c1-3-9-15(10-12(16)17)22(19,20)11-14(13(18)21-2)7-5-4-6-8-14/h3-11H2,1-2H3,(H,16,17). The molecule has 0 amide bonds. The summed E-state index contributed by atoms with van der Waals surface area (Å²) in [7, 11) is -2.58. The SMILES string of the molecule is CCCN(CC(=O)O)S(=O)(=O)CC1(C(=O)OC)CCCCC1. The zero-order valence-electron chi connectivity index (χ0n) is 13.2. The monoisotopic (exact) mass is 335 g/mol. The molecule has 1 fully saturated rings. The Morgan fingerprint density at radius 1 is 1.23 bits per heavy atom. The zero-order chi connectivity index (χ0) is 16.8. The topological polar surface area (TPSA) is 101 Å². The molecule has 22 heavy (non-hydrogen) atoms. The van der Waals surface area contributed by atoms with Crippen LogP contribution in [0.4, 0.5) is 0 Å². The number of hydrogen-bond acceptors (Lipinski definition) is 5. The number of carboxylic acids is 1. The van der Waals surface area contributed by atoms with Crippen LogP contribution in [0, 0.1) is 5.41 Å². The Hall–Kier alpha value is -1.15. The summed E-state index contributed by atoms with van der Waals surface area (Å²) >= 11 is 0. The van der Waals surface area contributed by atoms with Gasteiger partial charge in [0.25, 0.3) is 0 Å². The molecule has 0 unspecified atom stereocenters. The van der Waals surface area contributed by atoms with Gasteiger partial charge >= 0.3 is 11.9 Å². The number of methoxy groups -OCH3 is 1. The van der Waals surface area contributed by atoms with Crippen LogP contribution in [-0.2, 0) is 24.3 Å². The second-order valence-corrected chi connectivity index (χ2v) is 7.78. The van der Waals surface area contributed by atoms with E-state index in [9.17, 15) is 18.0 Å². The van der Waals surface area contributed by atoms with Gasteiger partial charge in [0, 0.05) is 6.54 Å². The molecule has 1 aliphatic rings. The summed E-state index contributed by atoms with van der Waals surface area (Å²) in [6.07, 6.45) is 3.96. The molecule has 0 aliphatic heterocycles. The third-order valence-electron chi connectivity index (χ3n) is 4.07. The van der Waals surface area contributed by atoms with Crippen molar-refractivity contribution < 1.29 is 27.9 Å². The van der Waals surface area contributed by atoms with Gasteiger partial charge in [0.2, 0.25) is 10.0 Å². The molecule has 0 radical (unpaired) electrons. The minimum Gasteiger partial charge on any atom is -0.480 e.